The molecule has 0 saturated carbocycles. The summed E-state index contributed by atoms with van der Waals surface area (Å²) in [6.07, 6.45) is 6.22. The van der Waals surface area contributed by atoms with E-state index >= 15 is 0 Å². The monoisotopic (exact) mass is 429 g/mol. The van der Waals surface area contributed by atoms with Crippen LogP contribution in [0.15, 0.2) is 54.9 Å². The first-order valence-electron chi connectivity index (χ1n) is 11.1. The zero-order valence-corrected chi connectivity index (χ0v) is 18.0. The van der Waals surface area contributed by atoms with Crippen molar-refractivity contribution in [3.8, 4) is 6.07 Å². The number of anilines is 1. The highest BCUT2D eigenvalue weighted by Crippen LogP contribution is 2.32. The number of hydrogen-bond acceptors (Lipinski definition) is 4. The van der Waals surface area contributed by atoms with E-state index in [-0.39, 0.29) is 31.1 Å². The number of aromatic nitrogens is 2. The zero-order chi connectivity index (χ0) is 22.3. The molecule has 1 N–H and O–H groups in total. The number of pyridine rings is 1. The van der Waals surface area contributed by atoms with Gasteiger partial charge in [-0.25, -0.2) is 4.98 Å². The zero-order valence-electron chi connectivity index (χ0n) is 18.0. The SMILES string of the molecule is N#CCCN(C(=O)CCC(=O)N1CCC(c2c[nH]c3ncccc23)CC1)c1ccccc1. The standard InChI is InChI=1S/C25H27N5O2/c26-13-5-15-30(20-6-2-1-3-7-20)24(32)10-9-23(31)29-16-11-19(12-17-29)22-18-28-25-21(22)8-4-14-27-25/h1-4,6-8,14,18-19H,5,9-12,15-17H2,(H,27,28). The molecule has 2 aromatic heterocycles. The van der Waals surface area contributed by atoms with Crippen molar-refractivity contribution in [2.75, 3.05) is 24.5 Å². The van der Waals surface area contributed by atoms with Gasteiger partial charge in [-0.05, 0) is 48.6 Å². The average Bonchev–Trinajstić information content (AvgIpc) is 3.28. The highest BCUT2D eigenvalue weighted by atomic mass is 16.2. The first-order valence-corrected chi connectivity index (χ1v) is 11.1. The minimum atomic E-state index is -0.124. The Morgan fingerprint density at radius 2 is 1.91 bits per heavy atom. The highest BCUT2D eigenvalue weighted by Gasteiger charge is 2.26. The van der Waals surface area contributed by atoms with Crippen LogP contribution >= 0.6 is 0 Å². The van der Waals surface area contributed by atoms with Gasteiger partial charge in [0.1, 0.15) is 5.65 Å². The van der Waals surface area contributed by atoms with Gasteiger partial charge in [-0.3, -0.25) is 9.59 Å². The van der Waals surface area contributed by atoms with Crippen molar-refractivity contribution in [2.24, 2.45) is 0 Å². The largest absolute Gasteiger partial charge is 0.346 e. The van der Waals surface area contributed by atoms with Gasteiger partial charge in [0, 0.05) is 55.9 Å². The molecule has 4 rings (SSSR count). The van der Waals surface area contributed by atoms with Crippen molar-refractivity contribution in [1.29, 1.82) is 5.26 Å². The summed E-state index contributed by atoms with van der Waals surface area (Å²) in [5.74, 6) is 0.296. The van der Waals surface area contributed by atoms with Gasteiger partial charge in [-0.15, -0.1) is 0 Å². The van der Waals surface area contributed by atoms with Gasteiger partial charge in [0.2, 0.25) is 11.8 Å². The lowest BCUT2D eigenvalue weighted by atomic mass is 9.89. The minimum Gasteiger partial charge on any atom is -0.346 e. The third-order valence-corrected chi connectivity index (χ3v) is 6.14. The number of rotatable bonds is 7. The van der Waals surface area contributed by atoms with Crippen molar-refractivity contribution >= 4 is 28.5 Å². The Morgan fingerprint density at radius 3 is 2.66 bits per heavy atom. The molecule has 0 atom stereocenters. The molecule has 0 aliphatic carbocycles. The molecule has 1 aliphatic heterocycles. The van der Waals surface area contributed by atoms with Crippen LogP contribution in [0.2, 0.25) is 0 Å². The summed E-state index contributed by atoms with van der Waals surface area (Å²) in [7, 11) is 0. The van der Waals surface area contributed by atoms with Gasteiger partial charge in [-0.2, -0.15) is 5.26 Å². The molecule has 164 valence electrons. The Labute approximate surface area is 187 Å². The van der Waals surface area contributed by atoms with Crippen LogP contribution < -0.4 is 4.90 Å². The molecule has 0 spiro atoms. The topological polar surface area (TPSA) is 93.1 Å². The van der Waals surface area contributed by atoms with E-state index in [1.54, 1.807) is 11.1 Å². The first kappa shape index (κ1) is 21.6. The lowest BCUT2D eigenvalue weighted by molar-refractivity contribution is -0.134. The lowest BCUT2D eigenvalue weighted by Gasteiger charge is -2.32. The Hall–Kier alpha value is -3.66. The summed E-state index contributed by atoms with van der Waals surface area (Å²) < 4.78 is 0. The molecule has 3 aromatic rings. The van der Waals surface area contributed by atoms with E-state index in [9.17, 15) is 9.59 Å². The molecule has 1 aliphatic rings. The van der Waals surface area contributed by atoms with Crippen LogP contribution in [-0.2, 0) is 9.59 Å². The highest BCUT2D eigenvalue weighted by molar-refractivity contribution is 5.95. The number of likely N-dealkylation sites (tertiary alicyclic amines) is 1. The number of piperidine rings is 1. The fraction of sp³-hybridized carbons (Fsp3) is 0.360. The van der Waals surface area contributed by atoms with Crippen molar-refractivity contribution in [3.05, 3.63) is 60.4 Å². The van der Waals surface area contributed by atoms with Crippen molar-refractivity contribution in [2.45, 2.75) is 38.0 Å². The second kappa shape index (κ2) is 10.1. The number of amides is 2. The number of nitrogens with zero attached hydrogens (tertiary/aromatic N) is 4. The summed E-state index contributed by atoms with van der Waals surface area (Å²) in [5, 5.41) is 10.1. The lowest BCUT2D eigenvalue weighted by Crippen LogP contribution is -2.39. The van der Waals surface area contributed by atoms with Crippen LogP contribution in [0.5, 0.6) is 0 Å². The van der Waals surface area contributed by atoms with E-state index < -0.39 is 0 Å². The second-order valence-electron chi connectivity index (χ2n) is 8.09. The number of nitrogens with one attached hydrogen (secondary N) is 1. The second-order valence-corrected chi connectivity index (χ2v) is 8.09. The van der Waals surface area contributed by atoms with Gasteiger partial charge in [-0.1, -0.05) is 18.2 Å². The van der Waals surface area contributed by atoms with Gasteiger partial charge >= 0.3 is 0 Å². The molecule has 0 unspecified atom stereocenters. The van der Waals surface area contributed by atoms with Crippen molar-refractivity contribution in [1.82, 2.24) is 14.9 Å². The van der Waals surface area contributed by atoms with E-state index in [0.29, 0.717) is 25.6 Å². The van der Waals surface area contributed by atoms with Crippen molar-refractivity contribution < 1.29 is 9.59 Å². The summed E-state index contributed by atoms with van der Waals surface area (Å²) in [4.78, 5) is 36.7. The molecule has 7 nitrogen and oxygen atoms in total. The third-order valence-electron chi connectivity index (χ3n) is 6.14. The molecule has 1 saturated heterocycles. The number of para-hydroxylation sites is 1. The molecule has 1 fully saturated rings. The van der Waals surface area contributed by atoms with Gasteiger partial charge in [0.25, 0.3) is 0 Å². The normalized spacial score (nSPS) is 14.3. The quantitative estimate of drug-likeness (QED) is 0.614. The molecular weight excluding hydrogens is 402 g/mol. The maximum atomic E-state index is 12.8. The van der Waals surface area contributed by atoms with Gasteiger partial charge in [0.05, 0.1) is 12.5 Å². The summed E-state index contributed by atoms with van der Waals surface area (Å²) >= 11 is 0. The molecule has 32 heavy (non-hydrogen) atoms. The molecule has 1 aromatic carbocycles. The predicted molar refractivity (Wildman–Crippen MR) is 123 cm³/mol. The maximum absolute atomic E-state index is 12.8. The smallest absolute Gasteiger partial charge is 0.227 e. The number of fused-ring (bicyclic) bond motifs is 1. The summed E-state index contributed by atoms with van der Waals surface area (Å²) in [6, 6.07) is 15.4. The molecular formula is C25H27N5O2. The maximum Gasteiger partial charge on any atom is 0.227 e. The van der Waals surface area contributed by atoms with E-state index in [4.69, 9.17) is 5.26 Å². The van der Waals surface area contributed by atoms with Crippen LogP contribution in [-0.4, -0.2) is 46.3 Å². The van der Waals surface area contributed by atoms with E-state index in [0.717, 1.165) is 29.6 Å². The fourth-order valence-electron chi connectivity index (χ4n) is 4.43. The van der Waals surface area contributed by atoms with Crippen LogP contribution in [0.3, 0.4) is 0 Å². The van der Waals surface area contributed by atoms with Crippen LogP contribution in [0.4, 0.5) is 5.69 Å². The Kier molecular flexibility index (Phi) is 6.81. The Morgan fingerprint density at radius 1 is 1.12 bits per heavy atom. The van der Waals surface area contributed by atoms with E-state index in [2.05, 4.69) is 22.1 Å². The van der Waals surface area contributed by atoms with Crippen LogP contribution in [0, 0.1) is 11.3 Å². The number of H-pyrrole nitrogens is 1. The molecule has 0 bridgehead atoms. The predicted octanol–water partition coefficient (Wildman–Crippen LogP) is 4.00. The summed E-state index contributed by atoms with van der Waals surface area (Å²) in [5.41, 5.74) is 2.93. The van der Waals surface area contributed by atoms with Crippen molar-refractivity contribution in [3.63, 3.8) is 0 Å². The molecule has 0 radical (unpaired) electrons. The Bertz CT molecular complexity index is 1110. The minimum absolute atomic E-state index is 0.0192. The first-order chi connectivity index (χ1) is 15.7. The average molecular weight is 430 g/mol. The number of hydrogen-bond donors (Lipinski definition) is 1. The number of carbonyl (C=O) groups is 2. The molecule has 2 amide bonds. The van der Waals surface area contributed by atoms with E-state index in [1.807, 2.05) is 47.5 Å². The number of carbonyl (C=O) groups excluding carboxylic acids is 2. The number of nitriles is 1. The Balaban J connectivity index is 1.31. The third kappa shape index (κ3) is 4.80. The van der Waals surface area contributed by atoms with Gasteiger partial charge < -0.3 is 14.8 Å². The van der Waals surface area contributed by atoms with E-state index in [1.165, 1.54) is 5.56 Å². The van der Waals surface area contributed by atoms with Crippen LogP contribution in [0.1, 0.15) is 43.6 Å². The summed E-state index contributed by atoms with van der Waals surface area (Å²) in [6.45, 7) is 1.72. The number of aromatic amines is 1. The fourth-order valence-corrected chi connectivity index (χ4v) is 4.43. The van der Waals surface area contributed by atoms with Crippen LogP contribution in [0.25, 0.3) is 11.0 Å². The molecule has 7 heteroatoms. The number of benzene rings is 1. The van der Waals surface area contributed by atoms with Gasteiger partial charge in [0.15, 0.2) is 0 Å². The molecule has 3 heterocycles.